The zero-order chi connectivity index (χ0) is 9.73. The molecule has 1 heterocycles. The Morgan fingerprint density at radius 3 is 2.85 bits per heavy atom. The van der Waals surface area contributed by atoms with Crippen molar-refractivity contribution >= 4 is 5.78 Å². The zero-order valence-corrected chi connectivity index (χ0v) is 8.04. The molecule has 0 aromatic heterocycles. The largest absolute Gasteiger partial charge is 0.381 e. The van der Waals surface area contributed by atoms with Gasteiger partial charge >= 0.3 is 0 Å². The maximum absolute atomic E-state index is 11.5. The Bertz CT molecular complexity index is 170. The maximum Gasteiger partial charge on any atom is 0.180 e. The lowest BCUT2D eigenvalue weighted by Crippen LogP contribution is -2.50. The average Bonchev–Trinajstić information content (AvgIpc) is 2.18. The van der Waals surface area contributed by atoms with Crippen molar-refractivity contribution in [3.63, 3.8) is 0 Å². The summed E-state index contributed by atoms with van der Waals surface area (Å²) in [4.78, 5) is 11.5. The summed E-state index contributed by atoms with van der Waals surface area (Å²) in [5, 5.41) is 0. The van der Waals surface area contributed by atoms with Crippen LogP contribution in [0.3, 0.4) is 0 Å². The summed E-state index contributed by atoms with van der Waals surface area (Å²) in [7, 11) is 1.57. The van der Waals surface area contributed by atoms with Gasteiger partial charge in [-0.1, -0.05) is 0 Å². The van der Waals surface area contributed by atoms with Crippen molar-refractivity contribution in [3.05, 3.63) is 0 Å². The summed E-state index contributed by atoms with van der Waals surface area (Å²) in [5.41, 5.74) is 4.58. The van der Waals surface area contributed by atoms with Crippen LogP contribution in [0, 0.1) is 0 Å². The van der Waals surface area contributed by atoms with Crippen LogP contribution >= 0.6 is 0 Å². The van der Waals surface area contributed by atoms with Gasteiger partial charge in [0, 0.05) is 13.7 Å². The molecular weight excluding hydrogens is 170 g/mol. The number of Topliss-reactive ketones (excluding diaryl/α,β-unsaturated/α-hetero) is 1. The molecule has 1 fully saturated rings. The Hall–Kier alpha value is -0.450. The van der Waals surface area contributed by atoms with Gasteiger partial charge in [0.15, 0.2) is 11.4 Å². The normalized spacial score (nSPS) is 28.8. The Labute approximate surface area is 78.4 Å². The number of ether oxygens (including phenoxy) is 2. The summed E-state index contributed by atoms with van der Waals surface area (Å²) in [6, 6.07) is 0. The summed E-state index contributed by atoms with van der Waals surface area (Å²) < 4.78 is 10.5. The molecule has 1 saturated heterocycles. The third kappa shape index (κ3) is 2.27. The highest BCUT2D eigenvalue weighted by Crippen LogP contribution is 2.25. The molecule has 1 atom stereocenters. The number of carbonyl (C=O) groups excluding carboxylic acids is 1. The van der Waals surface area contributed by atoms with Crippen LogP contribution in [-0.2, 0) is 14.3 Å². The fraction of sp³-hybridized carbons (Fsp3) is 0.889. The van der Waals surface area contributed by atoms with Gasteiger partial charge in [0.1, 0.15) is 0 Å². The molecule has 1 unspecified atom stereocenters. The molecule has 13 heavy (non-hydrogen) atoms. The predicted octanol–water partition coefficient (Wildman–Crippen LogP) is 0.0999. The predicted molar refractivity (Wildman–Crippen MR) is 48.5 cm³/mol. The fourth-order valence-corrected chi connectivity index (χ4v) is 1.69. The summed E-state index contributed by atoms with van der Waals surface area (Å²) in [5.74, 6) is -0.0472. The van der Waals surface area contributed by atoms with E-state index >= 15 is 0 Å². The molecule has 0 saturated carbocycles. The van der Waals surface area contributed by atoms with E-state index in [0.29, 0.717) is 13.2 Å². The highest BCUT2D eigenvalue weighted by atomic mass is 16.5. The molecule has 76 valence electrons. The summed E-state index contributed by atoms with van der Waals surface area (Å²) >= 11 is 0. The van der Waals surface area contributed by atoms with Crippen LogP contribution in [0.1, 0.15) is 19.3 Å². The van der Waals surface area contributed by atoms with E-state index in [-0.39, 0.29) is 12.3 Å². The van der Waals surface area contributed by atoms with Gasteiger partial charge in [-0.2, -0.15) is 0 Å². The van der Waals surface area contributed by atoms with Crippen LogP contribution in [0.4, 0.5) is 0 Å². The molecule has 1 aliphatic rings. The van der Waals surface area contributed by atoms with E-state index in [1.54, 1.807) is 7.11 Å². The van der Waals surface area contributed by atoms with Crippen molar-refractivity contribution < 1.29 is 14.3 Å². The molecule has 0 bridgehead atoms. The monoisotopic (exact) mass is 187 g/mol. The van der Waals surface area contributed by atoms with Crippen LogP contribution < -0.4 is 5.73 Å². The second-order valence-corrected chi connectivity index (χ2v) is 3.36. The van der Waals surface area contributed by atoms with Crippen molar-refractivity contribution in [1.29, 1.82) is 0 Å². The molecule has 0 aromatic carbocycles. The zero-order valence-electron chi connectivity index (χ0n) is 8.04. The van der Waals surface area contributed by atoms with Crippen LogP contribution in [0.2, 0.25) is 0 Å². The molecule has 2 N–H and O–H groups in total. The van der Waals surface area contributed by atoms with E-state index in [1.165, 1.54) is 0 Å². The van der Waals surface area contributed by atoms with E-state index in [0.717, 1.165) is 19.3 Å². The SMILES string of the molecule is COCC1(C(=O)CN)CCCCO1. The quantitative estimate of drug-likeness (QED) is 0.678. The first-order valence-electron chi connectivity index (χ1n) is 4.61. The third-order valence-electron chi connectivity index (χ3n) is 2.42. The van der Waals surface area contributed by atoms with Gasteiger partial charge in [-0.05, 0) is 19.3 Å². The van der Waals surface area contributed by atoms with E-state index in [1.807, 2.05) is 0 Å². The molecule has 0 radical (unpaired) electrons. The average molecular weight is 187 g/mol. The molecule has 0 spiro atoms. The van der Waals surface area contributed by atoms with Crippen LogP contribution in [0.15, 0.2) is 0 Å². The molecule has 0 amide bonds. The third-order valence-corrected chi connectivity index (χ3v) is 2.42. The minimum atomic E-state index is -0.748. The number of methoxy groups -OCH3 is 1. The van der Waals surface area contributed by atoms with Crippen molar-refractivity contribution in [2.45, 2.75) is 24.9 Å². The lowest BCUT2D eigenvalue weighted by atomic mass is 9.90. The lowest BCUT2D eigenvalue weighted by Gasteiger charge is -2.34. The number of hydrogen-bond acceptors (Lipinski definition) is 4. The summed E-state index contributed by atoms with van der Waals surface area (Å²) in [6.07, 6.45) is 2.76. The molecule has 0 aliphatic carbocycles. The van der Waals surface area contributed by atoms with E-state index in [9.17, 15) is 4.79 Å². The van der Waals surface area contributed by atoms with Crippen LogP contribution in [-0.4, -0.2) is 38.3 Å². The van der Waals surface area contributed by atoms with Crippen molar-refractivity contribution in [2.75, 3.05) is 26.9 Å². The van der Waals surface area contributed by atoms with E-state index < -0.39 is 5.60 Å². The Morgan fingerprint density at radius 2 is 2.38 bits per heavy atom. The molecular formula is C9H17NO3. The standard InChI is InChI=1S/C9H17NO3/c1-12-7-9(8(11)6-10)4-2-3-5-13-9/h2-7,10H2,1H3. The molecule has 4 heteroatoms. The first-order chi connectivity index (χ1) is 6.25. The number of hydrogen-bond donors (Lipinski definition) is 1. The van der Waals surface area contributed by atoms with Crippen molar-refractivity contribution in [3.8, 4) is 0 Å². The topological polar surface area (TPSA) is 61.5 Å². The van der Waals surface area contributed by atoms with Gasteiger partial charge < -0.3 is 15.2 Å². The van der Waals surface area contributed by atoms with Gasteiger partial charge in [0.2, 0.25) is 0 Å². The number of carbonyl (C=O) groups is 1. The van der Waals surface area contributed by atoms with Gasteiger partial charge in [-0.3, -0.25) is 4.79 Å². The minimum absolute atomic E-state index is 0.0311. The van der Waals surface area contributed by atoms with E-state index in [2.05, 4.69) is 0 Å². The van der Waals surface area contributed by atoms with Gasteiger partial charge in [0.05, 0.1) is 13.2 Å². The molecule has 0 aromatic rings. The van der Waals surface area contributed by atoms with Gasteiger partial charge in [-0.25, -0.2) is 0 Å². The van der Waals surface area contributed by atoms with E-state index in [4.69, 9.17) is 15.2 Å². The Balaban J connectivity index is 2.66. The second kappa shape index (κ2) is 4.69. The molecule has 1 aliphatic heterocycles. The first kappa shape index (κ1) is 10.6. The second-order valence-electron chi connectivity index (χ2n) is 3.36. The number of ketones is 1. The molecule has 1 rings (SSSR count). The summed E-state index contributed by atoms with van der Waals surface area (Å²) in [6.45, 7) is 0.988. The van der Waals surface area contributed by atoms with Crippen molar-refractivity contribution in [1.82, 2.24) is 0 Å². The number of nitrogens with two attached hydrogens (primary N) is 1. The van der Waals surface area contributed by atoms with Crippen LogP contribution in [0.5, 0.6) is 0 Å². The molecule has 4 nitrogen and oxygen atoms in total. The Kier molecular flexibility index (Phi) is 3.84. The van der Waals surface area contributed by atoms with Crippen molar-refractivity contribution in [2.24, 2.45) is 5.73 Å². The first-order valence-corrected chi connectivity index (χ1v) is 4.61. The number of rotatable bonds is 4. The van der Waals surface area contributed by atoms with Crippen LogP contribution in [0.25, 0.3) is 0 Å². The highest BCUT2D eigenvalue weighted by molar-refractivity contribution is 5.89. The smallest absolute Gasteiger partial charge is 0.180 e. The van der Waals surface area contributed by atoms with Gasteiger partial charge in [-0.15, -0.1) is 0 Å². The lowest BCUT2D eigenvalue weighted by molar-refractivity contribution is -0.159. The maximum atomic E-state index is 11.5. The minimum Gasteiger partial charge on any atom is -0.381 e. The van der Waals surface area contributed by atoms with Gasteiger partial charge in [0.25, 0.3) is 0 Å². The Morgan fingerprint density at radius 1 is 1.62 bits per heavy atom. The fourth-order valence-electron chi connectivity index (χ4n) is 1.69. The highest BCUT2D eigenvalue weighted by Gasteiger charge is 2.39.